The Kier molecular flexibility index (Phi) is 5.86. The Morgan fingerprint density at radius 1 is 1.39 bits per heavy atom. The second-order valence-corrected chi connectivity index (χ2v) is 5.18. The van der Waals surface area contributed by atoms with Crippen LogP contribution in [0.4, 0.5) is 13.6 Å². The van der Waals surface area contributed by atoms with Crippen LogP contribution in [-0.2, 0) is 11.3 Å². The van der Waals surface area contributed by atoms with Gasteiger partial charge in [0, 0.05) is 19.6 Å². The third kappa shape index (κ3) is 4.88. The van der Waals surface area contributed by atoms with Crippen molar-refractivity contribution in [2.24, 2.45) is 0 Å². The first-order valence-electron chi connectivity index (χ1n) is 7.22. The van der Waals surface area contributed by atoms with E-state index in [0.29, 0.717) is 5.56 Å². The van der Waals surface area contributed by atoms with Crippen LogP contribution in [-0.4, -0.2) is 54.2 Å². The second kappa shape index (κ2) is 7.87. The van der Waals surface area contributed by atoms with E-state index in [9.17, 15) is 18.4 Å². The molecule has 126 valence electrons. The molecule has 6 nitrogen and oxygen atoms in total. The number of amides is 2. The number of carbonyl (C=O) groups is 2. The molecule has 1 fully saturated rings. The Morgan fingerprint density at radius 2 is 2.17 bits per heavy atom. The van der Waals surface area contributed by atoms with Gasteiger partial charge < -0.3 is 20.1 Å². The summed E-state index contributed by atoms with van der Waals surface area (Å²) >= 11 is 0. The van der Waals surface area contributed by atoms with Gasteiger partial charge in [-0.05, 0) is 24.1 Å². The number of halogens is 2. The van der Waals surface area contributed by atoms with Crippen molar-refractivity contribution >= 4 is 12.0 Å². The predicted octanol–water partition coefficient (Wildman–Crippen LogP) is 1.95. The number of alkyl halides is 2. The molecule has 1 aromatic rings. The van der Waals surface area contributed by atoms with Crippen molar-refractivity contribution in [3.8, 4) is 0 Å². The van der Waals surface area contributed by atoms with Crippen molar-refractivity contribution in [3.63, 3.8) is 0 Å². The summed E-state index contributed by atoms with van der Waals surface area (Å²) in [6, 6.07) is 5.85. The minimum Gasteiger partial charge on any atom is -0.478 e. The molecule has 1 saturated heterocycles. The number of nitrogens with one attached hydrogen (secondary N) is 1. The minimum absolute atomic E-state index is 0.0664. The summed E-state index contributed by atoms with van der Waals surface area (Å²) in [6.45, 7) is 0.659. The standard InChI is InChI=1S/C15H18F2N2O4/c16-13(17)12-4-5-19(6-7-23-12)15(22)18-9-10-2-1-3-11(8-10)14(20)21/h1-3,8,12-13H,4-7,9H2,(H,18,22)(H,20,21). The van der Waals surface area contributed by atoms with E-state index in [2.05, 4.69) is 5.32 Å². The van der Waals surface area contributed by atoms with Gasteiger partial charge in [-0.15, -0.1) is 0 Å². The lowest BCUT2D eigenvalue weighted by molar-refractivity contribution is -0.0495. The summed E-state index contributed by atoms with van der Waals surface area (Å²) in [7, 11) is 0. The summed E-state index contributed by atoms with van der Waals surface area (Å²) in [5.74, 6) is -1.04. The lowest BCUT2D eigenvalue weighted by Crippen LogP contribution is -2.41. The van der Waals surface area contributed by atoms with E-state index >= 15 is 0 Å². The minimum atomic E-state index is -2.56. The van der Waals surface area contributed by atoms with Crippen LogP contribution in [0.3, 0.4) is 0 Å². The number of carboxylic acids is 1. The molecule has 1 unspecified atom stereocenters. The number of rotatable bonds is 4. The van der Waals surface area contributed by atoms with E-state index in [1.807, 2.05) is 0 Å². The molecule has 2 N–H and O–H groups in total. The van der Waals surface area contributed by atoms with Crippen LogP contribution < -0.4 is 5.32 Å². The summed E-state index contributed by atoms with van der Waals surface area (Å²) in [4.78, 5) is 24.4. The molecule has 8 heteroatoms. The molecular formula is C15H18F2N2O4. The van der Waals surface area contributed by atoms with Crippen molar-refractivity contribution in [1.82, 2.24) is 10.2 Å². The number of carbonyl (C=O) groups excluding carboxylic acids is 1. The monoisotopic (exact) mass is 328 g/mol. The van der Waals surface area contributed by atoms with E-state index in [1.54, 1.807) is 12.1 Å². The van der Waals surface area contributed by atoms with Crippen LogP contribution in [0.5, 0.6) is 0 Å². The van der Waals surface area contributed by atoms with E-state index < -0.39 is 18.5 Å². The number of urea groups is 1. The molecule has 0 spiro atoms. The Balaban J connectivity index is 1.87. The molecule has 2 amide bonds. The number of hydrogen-bond donors (Lipinski definition) is 2. The largest absolute Gasteiger partial charge is 0.478 e. The van der Waals surface area contributed by atoms with Crippen molar-refractivity contribution < 1.29 is 28.2 Å². The van der Waals surface area contributed by atoms with Crippen LogP contribution in [0.2, 0.25) is 0 Å². The highest BCUT2D eigenvalue weighted by atomic mass is 19.3. The molecule has 1 atom stereocenters. The van der Waals surface area contributed by atoms with Crippen LogP contribution in [0.25, 0.3) is 0 Å². The highest BCUT2D eigenvalue weighted by Gasteiger charge is 2.26. The average molecular weight is 328 g/mol. The number of hydrogen-bond acceptors (Lipinski definition) is 3. The fourth-order valence-corrected chi connectivity index (χ4v) is 2.30. The normalized spacial score (nSPS) is 18.6. The molecule has 2 rings (SSSR count). The van der Waals surface area contributed by atoms with Gasteiger partial charge in [-0.2, -0.15) is 0 Å². The maximum absolute atomic E-state index is 12.6. The third-order valence-electron chi connectivity index (χ3n) is 3.56. The number of ether oxygens (including phenoxy) is 1. The zero-order chi connectivity index (χ0) is 16.8. The highest BCUT2D eigenvalue weighted by Crippen LogP contribution is 2.14. The lowest BCUT2D eigenvalue weighted by atomic mass is 10.1. The average Bonchev–Trinajstić information content (AvgIpc) is 2.79. The maximum atomic E-state index is 12.6. The first-order chi connectivity index (χ1) is 11.0. The molecule has 1 heterocycles. The van der Waals surface area contributed by atoms with Gasteiger partial charge in [0.2, 0.25) is 0 Å². The number of benzene rings is 1. The molecule has 0 bridgehead atoms. The van der Waals surface area contributed by atoms with Gasteiger partial charge in [0.1, 0.15) is 6.10 Å². The topological polar surface area (TPSA) is 78.9 Å². The highest BCUT2D eigenvalue weighted by molar-refractivity contribution is 5.87. The van der Waals surface area contributed by atoms with E-state index in [1.165, 1.54) is 17.0 Å². The van der Waals surface area contributed by atoms with Crippen LogP contribution in [0.15, 0.2) is 24.3 Å². The van der Waals surface area contributed by atoms with Gasteiger partial charge in [-0.25, -0.2) is 18.4 Å². The summed E-state index contributed by atoms with van der Waals surface area (Å²) < 4.78 is 30.2. The Labute approximate surface area is 132 Å². The first-order valence-corrected chi connectivity index (χ1v) is 7.22. The Hall–Kier alpha value is -2.22. The molecule has 0 aliphatic carbocycles. The van der Waals surface area contributed by atoms with Crippen molar-refractivity contribution in [1.29, 1.82) is 0 Å². The van der Waals surface area contributed by atoms with Gasteiger partial charge in [0.05, 0.1) is 12.2 Å². The number of carboxylic acid groups (broad SMARTS) is 1. The van der Waals surface area contributed by atoms with E-state index in [4.69, 9.17) is 9.84 Å². The SMILES string of the molecule is O=C(O)c1cccc(CNC(=O)N2CCOC(C(F)F)CC2)c1. The summed E-state index contributed by atoms with van der Waals surface area (Å²) in [5, 5.41) is 11.6. The zero-order valence-electron chi connectivity index (χ0n) is 12.4. The molecule has 0 radical (unpaired) electrons. The van der Waals surface area contributed by atoms with Crippen molar-refractivity contribution in [3.05, 3.63) is 35.4 Å². The zero-order valence-corrected chi connectivity index (χ0v) is 12.4. The second-order valence-electron chi connectivity index (χ2n) is 5.18. The molecule has 1 aromatic carbocycles. The third-order valence-corrected chi connectivity index (χ3v) is 3.56. The van der Waals surface area contributed by atoms with E-state index in [-0.39, 0.29) is 44.3 Å². The molecule has 0 saturated carbocycles. The fourth-order valence-electron chi connectivity index (χ4n) is 2.30. The van der Waals surface area contributed by atoms with Crippen LogP contribution in [0, 0.1) is 0 Å². The Bertz CT molecular complexity index is 568. The smallest absolute Gasteiger partial charge is 0.335 e. The van der Waals surface area contributed by atoms with Gasteiger partial charge in [-0.1, -0.05) is 12.1 Å². The quantitative estimate of drug-likeness (QED) is 0.885. The maximum Gasteiger partial charge on any atom is 0.335 e. The van der Waals surface area contributed by atoms with Crippen LogP contribution >= 0.6 is 0 Å². The molecule has 1 aliphatic heterocycles. The molecular weight excluding hydrogens is 310 g/mol. The fraction of sp³-hybridized carbons (Fsp3) is 0.467. The van der Waals surface area contributed by atoms with Crippen molar-refractivity contribution in [2.75, 3.05) is 19.7 Å². The molecule has 23 heavy (non-hydrogen) atoms. The van der Waals surface area contributed by atoms with Crippen LogP contribution in [0.1, 0.15) is 22.3 Å². The Morgan fingerprint density at radius 3 is 2.87 bits per heavy atom. The predicted molar refractivity (Wildman–Crippen MR) is 77.6 cm³/mol. The molecule has 0 aromatic heterocycles. The lowest BCUT2D eigenvalue weighted by Gasteiger charge is -2.20. The summed E-state index contributed by atoms with van der Waals surface area (Å²) in [6.07, 6.45) is -3.61. The van der Waals surface area contributed by atoms with Gasteiger partial charge in [-0.3, -0.25) is 0 Å². The first kappa shape index (κ1) is 17.1. The van der Waals surface area contributed by atoms with Gasteiger partial charge in [0.15, 0.2) is 0 Å². The van der Waals surface area contributed by atoms with Gasteiger partial charge >= 0.3 is 12.0 Å². The van der Waals surface area contributed by atoms with Crippen molar-refractivity contribution in [2.45, 2.75) is 25.5 Å². The summed E-state index contributed by atoms with van der Waals surface area (Å²) in [5.41, 5.74) is 0.787. The van der Waals surface area contributed by atoms with E-state index in [0.717, 1.165) is 0 Å². The molecule has 1 aliphatic rings. The number of nitrogens with zero attached hydrogens (tertiary/aromatic N) is 1. The number of aromatic carboxylic acids is 1. The van der Waals surface area contributed by atoms with Gasteiger partial charge in [0.25, 0.3) is 6.43 Å².